The van der Waals surface area contributed by atoms with Gasteiger partial charge in [0.2, 0.25) is 0 Å². The minimum Gasteiger partial charge on any atom is -0.379 e. The van der Waals surface area contributed by atoms with Crippen molar-refractivity contribution in [2.45, 2.75) is 6.04 Å². The molecule has 1 aromatic heterocycles. The number of carbonyl (C=O) groups excluding carboxylic acids is 2. The van der Waals surface area contributed by atoms with Gasteiger partial charge in [0.1, 0.15) is 0 Å². The molecule has 1 aliphatic heterocycles. The molecule has 5 rings (SSSR count). The summed E-state index contributed by atoms with van der Waals surface area (Å²) in [7, 11) is 0. The molecule has 6 heteroatoms. The lowest BCUT2D eigenvalue weighted by Crippen LogP contribution is -2.43. The first-order valence-electron chi connectivity index (χ1n) is 10.1. The van der Waals surface area contributed by atoms with Gasteiger partial charge in [-0.2, -0.15) is 0 Å². The van der Waals surface area contributed by atoms with Crippen LogP contribution in [0.25, 0.3) is 11.1 Å². The molecule has 2 heterocycles. The summed E-state index contributed by atoms with van der Waals surface area (Å²) < 4.78 is 5.48. The van der Waals surface area contributed by atoms with Crippen LogP contribution in [0.2, 0.25) is 0 Å². The fraction of sp³-hybridized carbons (Fsp3) is 0.250. The van der Waals surface area contributed by atoms with E-state index in [4.69, 9.17) is 4.74 Å². The largest absolute Gasteiger partial charge is 0.379 e. The number of fused-ring (bicyclic) bond motifs is 3. The zero-order chi connectivity index (χ0) is 20.5. The second kappa shape index (κ2) is 8.14. The van der Waals surface area contributed by atoms with Crippen molar-refractivity contribution in [1.82, 2.24) is 10.2 Å². The number of nitrogens with one attached hydrogen (secondary N) is 1. The second-order valence-corrected chi connectivity index (χ2v) is 8.50. The SMILES string of the molecule is O=C(NCC(c1cccs1)N1CCOCC1)c1ccc2c(c1)C(=O)c1ccccc1-2. The lowest BCUT2D eigenvalue weighted by atomic mass is 10.0. The van der Waals surface area contributed by atoms with Crippen molar-refractivity contribution in [2.24, 2.45) is 0 Å². The number of hydrogen-bond acceptors (Lipinski definition) is 5. The number of benzene rings is 2. The van der Waals surface area contributed by atoms with E-state index < -0.39 is 0 Å². The van der Waals surface area contributed by atoms with Gasteiger partial charge in [-0.15, -0.1) is 11.3 Å². The molecule has 0 bridgehead atoms. The van der Waals surface area contributed by atoms with Gasteiger partial charge in [0.15, 0.2) is 5.78 Å². The van der Waals surface area contributed by atoms with E-state index in [1.807, 2.05) is 36.4 Å². The smallest absolute Gasteiger partial charge is 0.251 e. The summed E-state index contributed by atoms with van der Waals surface area (Å²) in [6, 6.07) is 17.3. The van der Waals surface area contributed by atoms with Crippen molar-refractivity contribution in [3.8, 4) is 11.1 Å². The fourth-order valence-corrected chi connectivity index (χ4v) is 5.10. The van der Waals surface area contributed by atoms with Crippen LogP contribution in [0.5, 0.6) is 0 Å². The number of thiophene rings is 1. The van der Waals surface area contributed by atoms with Crippen LogP contribution in [0, 0.1) is 0 Å². The highest BCUT2D eigenvalue weighted by atomic mass is 32.1. The highest BCUT2D eigenvalue weighted by Crippen LogP contribution is 2.36. The minimum atomic E-state index is -0.156. The van der Waals surface area contributed by atoms with Gasteiger partial charge in [-0.3, -0.25) is 14.5 Å². The molecule has 1 amide bonds. The maximum atomic E-state index is 12.9. The predicted octanol–water partition coefficient (Wildman–Crippen LogP) is 3.76. The average molecular weight is 419 g/mol. The van der Waals surface area contributed by atoms with E-state index in [9.17, 15) is 9.59 Å². The van der Waals surface area contributed by atoms with E-state index in [0.717, 1.165) is 24.2 Å². The Balaban J connectivity index is 1.34. The Morgan fingerprint density at radius 1 is 1.00 bits per heavy atom. The van der Waals surface area contributed by atoms with Crippen LogP contribution in [0.15, 0.2) is 60.0 Å². The summed E-state index contributed by atoms with van der Waals surface area (Å²) in [5.41, 5.74) is 3.66. The van der Waals surface area contributed by atoms with Crippen LogP contribution in [0.3, 0.4) is 0 Å². The molecule has 1 N–H and O–H groups in total. The molecule has 2 aromatic carbocycles. The van der Waals surface area contributed by atoms with E-state index in [1.54, 1.807) is 23.5 Å². The van der Waals surface area contributed by atoms with Crippen LogP contribution in [-0.2, 0) is 4.74 Å². The standard InChI is InChI=1S/C24H22N2O3S/c27-23-19-5-2-1-4-17(19)18-8-7-16(14-20(18)23)24(28)25-15-21(22-6-3-13-30-22)26-9-11-29-12-10-26/h1-8,13-14,21H,9-12,15H2,(H,25,28). The summed E-state index contributed by atoms with van der Waals surface area (Å²) in [6.45, 7) is 3.64. The highest BCUT2D eigenvalue weighted by molar-refractivity contribution is 7.10. The van der Waals surface area contributed by atoms with Crippen molar-refractivity contribution in [2.75, 3.05) is 32.8 Å². The fourth-order valence-electron chi connectivity index (χ4n) is 4.24. The van der Waals surface area contributed by atoms with E-state index in [-0.39, 0.29) is 17.7 Å². The Hall–Kier alpha value is -2.80. The van der Waals surface area contributed by atoms with Crippen LogP contribution in [0.4, 0.5) is 0 Å². The molecule has 0 saturated carbocycles. The third-order valence-electron chi connectivity index (χ3n) is 5.80. The van der Waals surface area contributed by atoms with E-state index in [0.29, 0.717) is 36.4 Å². The van der Waals surface area contributed by atoms with Gasteiger partial charge in [0, 0.05) is 41.2 Å². The highest BCUT2D eigenvalue weighted by Gasteiger charge is 2.28. The quantitative estimate of drug-likeness (QED) is 0.536. The van der Waals surface area contributed by atoms with Crippen LogP contribution >= 0.6 is 11.3 Å². The van der Waals surface area contributed by atoms with Gasteiger partial charge in [-0.05, 0) is 34.7 Å². The molecule has 1 atom stereocenters. The Labute approximate surface area is 179 Å². The summed E-state index contributed by atoms with van der Waals surface area (Å²) >= 11 is 1.70. The van der Waals surface area contributed by atoms with Gasteiger partial charge in [0.25, 0.3) is 5.91 Å². The minimum absolute atomic E-state index is 0.0139. The van der Waals surface area contributed by atoms with Gasteiger partial charge in [-0.25, -0.2) is 0 Å². The number of ether oxygens (including phenoxy) is 1. The third kappa shape index (κ3) is 3.47. The van der Waals surface area contributed by atoms with Gasteiger partial charge < -0.3 is 10.1 Å². The molecular weight excluding hydrogens is 396 g/mol. The molecule has 1 saturated heterocycles. The van der Waals surface area contributed by atoms with Gasteiger partial charge in [0.05, 0.1) is 19.3 Å². The molecule has 152 valence electrons. The number of rotatable bonds is 5. The molecule has 1 unspecified atom stereocenters. The molecular formula is C24H22N2O3S. The van der Waals surface area contributed by atoms with Crippen LogP contribution in [0.1, 0.15) is 37.2 Å². The monoisotopic (exact) mass is 418 g/mol. The van der Waals surface area contributed by atoms with Crippen molar-refractivity contribution >= 4 is 23.0 Å². The van der Waals surface area contributed by atoms with Gasteiger partial charge in [-0.1, -0.05) is 36.4 Å². The molecule has 0 spiro atoms. The molecule has 1 aliphatic carbocycles. The second-order valence-electron chi connectivity index (χ2n) is 7.52. The zero-order valence-electron chi connectivity index (χ0n) is 16.5. The normalized spacial score (nSPS) is 16.7. The number of amides is 1. The Bertz CT molecular complexity index is 1090. The first-order valence-corrected chi connectivity index (χ1v) is 11.0. The summed E-state index contributed by atoms with van der Waals surface area (Å²) in [4.78, 5) is 29.3. The molecule has 1 fully saturated rings. The average Bonchev–Trinajstić information content (AvgIpc) is 3.42. The number of hydrogen-bond donors (Lipinski definition) is 1. The summed E-state index contributed by atoms with van der Waals surface area (Å²) in [6.07, 6.45) is 0. The number of nitrogens with zero attached hydrogens (tertiary/aromatic N) is 1. The first-order chi connectivity index (χ1) is 14.7. The van der Waals surface area contributed by atoms with Crippen LogP contribution in [-0.4, -0.2) is 49.4 Å². The number of morpholine rings is 1. The van der Waals surface area contributed by atoms with Crippen molar-refractivity contribution in [1.29, 1.82) is 0 Å². The predicted molar refractivity (Wildman–Crippen MR) is 117 cm³/mol. The zero-order valence-corrected chi connectivity index (χ0v) is 17.3. The molecule has 30 heavy (non-hydrogen) atoms. The summed E-state index contributed by atoms with van der Waals surface area (Å²) in [5.74, 6) is -0.170. The Morgan fingerprint density at radius 2 is 1.77 bits per heavy atom. The van der Waals surface area contributed by atoms with E-state index >= 15 is 0 Å². The van der Waals surface area contributed by atoms with Crippen molar-refractivity contribution in [3.05, 3.63) is 81.5 Å². The van der Waals surface area contributed by atoms with E-state index in [2.05, 4.69) is 21.7 Å². The third-order valence-corrected chi connectivity index (χ3v) is 6.78. The van der Waals surface area contributed by atoms with Gasteiger partial charge >= 0.3 is 0 Å². The topological polar surface area (TPSA) is 58.6 Å². The maximum Gasteiger partial charge on any atom is 0.251 e. The maximum absolute atomic E-state index is 12.9. The summed E-state index contributed by atoms with van der Waals surface area (Å²) in [5, 5.41) is 5.15. The number of ketones is 1. The molecule has 5 nitrogen and oxygen atoms in total. The first kappa shape index (κ1) is 19.2. The Kier molecular flexibility index (Phi) is 5.21. The van der Waals surface area contributed by atoms with Crippen molar-refractivity contribution < 1.29 is 14.3 Å². The van der Waals surface area contributed by atoms with Crippen LogP contribution < -0.4 is 5.32 Å². The number of carbonyl (C=O) groups is 2. The van der Waals surface area contributed by atoms with Crippen molar-refractivity contribution in [3.63, 3.8) is 0 Å². The lowest BCUT2D eigenvalue weighted by Gasteiger charge is -2.34. The molecule has 0 radical (unpaired) electrons. The van der Waals surface area contributed by atoms with E-state index in [1.165, 1.54) is 4.88 Å². The lowest BCUT2D eigenvalue weighted by molar-refractivity contribution is 0.0169. The molecule has 2 aliphatic rings. The Morgan fingerprint density at radius 3 is 2.53 bits per heavy atom. The molecule has 3 aromatic rings.